The molecule has 0 aliphatic heterocycles. The Morgan fingerprint density at radius 2 is 1.94 bits per heavy atom. The molecule has 3 nitrogen and oxygen atoms in total. The van der Waals surface area contributed by atoms with Gasteiger partial charge in [0.05, 0.1) is 12.7 Å². The minimum absolute atomic E-state index is 0.0463. The van der Waals surface area contributed by atoms with Crippen LogP contribution >= 0.6 is 0 Å². The number of carbonyl (C=O) groups excluding carboxylic acids is 1. The Labute approximate surface area is 96.8 Å². The molecule has 1 aromatic rings. The van der Waals surface area contributed by atoms with Gasteiger partial charge in [0.15, 0.2) is 0 Å². The molecule has 0 saturated carbocycles. The summed E-state index contributed by atoms with van der Waals surface area (Å²) >= 11 is 0. The lowest BCUT2D eigenvalue weighted by atomic mass is 9.85. The summed E-state index contributed by atoms with van der Waals surface area (Å²) in [5.74, 6) is 0.539. The third kappa shape index (κ3) is 2.35. The second kappa shape index (κ2) is 4.56. The molecule has 1 aromatic carbocycles. The monoisotopic (exact) mass is 221 g/mol. The zero-order valence-corrected chi connectivity index (χ0v) is 10.5. The molecule has 0 saturated heterocycles. The van der Waals surface area contributed by atoms with Crippen LogP contribution in [0.2, 0.25) is 0 Å². The normalized spacial score (nSPS) is 11.1. The molecular formula is C13H19NO2. The van der Waals surface area contributed by atoms with E-state index in [1.165, 1.54) is 0 Å². The van der Waals surface area contributed by atoms with Crippen molar-refractivity contribution in [2.24, 2.45) is 0 Å². The summed E-state index contributed by atoms with van der Waals surface area (Å²) in [6.45, 7) is 6.29. The van der Waals surface area contributed by atoms with Gasteiger partial charge in [0, 0.05) is 12.6 Å². The summed E-state index contributed by atoms with van der Waals surface area (Å²) in [7, 11) is 3.21. The molecule has 1 rings (SSSR count). The lowest BCUT2D eigenvalue weighted by Gasteiger charge is -2.23. The summed E-state index contributed by atoms with van der Waals surface area (Å²) in [5, 5.41) is 2.62. The second-order valence-electron chi connectivity index (χ2n) is 4.72. The molecule has 0 unspecified atom stereocenters. The number of hydrogen-bond acceptors (Lipinski definition) is 2. The number of ether oxygens (including phenoxy) is 1. The van der Waals surface area contributed by atoms with E-state index >= 15 is 0 Å². The average molecular weight is 221 g/mol. The zero-order chi connectivity index (χ0) is 12.3. The number of rotatable bonds is 2. The van der Waals surface area contributed by atoms with Crippen molar-refractivity contribution in [3.63, 3.8) is 0 Å². The number of carbonyl (C=O) groups is 1. The lowest BCUT2D eigenvalue weighted by molar-refractivity contribution is 0.0960. The summed E-state index contributed by atoms with van der Waals surface area (Å²) in [6.07, 6.45) is 0. The van der Waals surface area contributed by atoms with Gasteiger partial charge in [-0.3, -0.25) is 4.79 Å². The number of hydrogen-bond donors (Lipinski definition) is 1. The minimum atomic E-state index is -0.122. The molecule has 88 valence electrons. The first-order chi connectivity index (χ1) is 7.41. The van der Waals surface area contributed by atoms with Crippen molar-refractivity contribution in [2.75, 3.05) is 14.2 Å². The summed E-state index contributed by atoms with van der Waals surface area (Å²) in [4.78, 5) is 11.7. The molecule has 0 spiro atoms. The van der Waals surface area contributed by atoms with E-state index in [4.69, 9.17) is 4.74 Å². The molecule has 0 heterocycles. The van der Waals surface area contributed by atoms with Crippen LogP contribution in [-0.2, 0) is 5.41 Å². The van der Waals surface area contributed by atoms with Gasteiger partial charge < -0.3 is 10.1 Å². The van der Waals surface area contributed by atoms with Gasteiger partial charge in [0.1, 0.15) is 5.75 Å². The van der Waals surface area contributed by atoms with Gasteiger partial charge in [-0.15, -0.1) is 0 Å². The number of benzene rings is 1. The standard InChI is InChI=1S/C13H19NO2/c1-13(2,3)10-8-6-7-9(11(10)16-5)12(15)14-4/h6-8H,1-5H3,(H,14,15). The smallest absolute Gasteiger partial charge is 0.254 e. The maximum absolute atomic E-state index is 11.7. The highest BCUT2D eigenvalue weighted by atomic mass is 16.5. The Hall–Kier alpha value is -1.51. The molecular weight excluding hydrogens is 202 g/mol. The molecule has 0 radical (unpaired) electrons. The van der Waals surface area contributed by atoms with Gasteiger partial charge in [0.25, 0.3) is 5.91 Å². The van der Waals surface area contributed by atoms with Crippen LogP contribution in [0.3, 0.4) is 0 Å². The Kier molecular flexibility index (Phi) is 3.58. The van der Waals surface area contributed by atoms with Crippen LogP contribution in [0.1, 0.15) is 36.7 Å². The lowest BCUT2D eigenvalue weighted by Crippen LogP contribution is -2.21. The molecule has 0 fully saturated rings. The zero-order valence-electron chi connectivity index (χ0n) is 10.5. The van der Waals surface area contributed by atoms with Crippen LogP contribution in [-0.4, -0.2) is 20.1 Å². The van der Waals surface area contributed by atoms with Crippen molar-refractivity contribution in [1.29, 1.82) is 0 Å². The highest BCUT2D eigenvalue weighted by Crippen LogP contribution is 2.33. The van der Waals surface area contributed by atoms with Gasteiger partial charge in [-0.25, -0.2) is 0 Å². The second-order valence-corrected chi connectivity index (χ2v) is 4.72. The molecule has 1 amide bonds. The first kappa shape index (κ1) is 12.6. The van der Waals surface area contributed by atoms with E-state index < -0.39 is 0 Å². The predicted molar refractivity (Wildman–Crippen MR) is 65.1 cm³/mol. The highest BCUT2D eigenvalue weighted by Gasteiger charge is 2.22. The summed E-state index contributed by atoms with van der Waals surface area (Å²) in [5.41, 5.74) is 1.57. The van der Waals surface area contributed by atoms with Gasteiger partial charge in [-0.05, 0) is 11.5 Å². The molecule has 16 heavy (non-hydrogen) atoms. The van der Waals surface area contributed by atoms with Crippen molar-refractivity contribution in [2.45, 2.75) is 26.2 Å². The van der Waals surface area contributed by atoms with Crippen LogP contribution < -0.4 is 10.1 Å². The number of nitrogens with one attached hydrogen (secondary N) is 1. The largest absolute Gasteiger partial charge is 0.496 e. The molecule has 1 N–H and O–H groups in total. The molecule has 0 aliphatic carbocycles. The van der Waals surface area contributed by atoms with Gasteiger partial charge in [0.2, 0.25) is 0 Å². The first-order valence-electron chi connectivity index (χ1n) is 5.31. The van der Waals surface area contributed by atoms with Crippen LogP contribution in [0.4, 0.5) is 0 Å². The number of para-hydroxylation sites is 1. The Morgan fingerprint density at radius 1 is 1.31 bits per heavy atom. The van der Waals surface area contributed by atoms with E-state index in [-0.39, 0.29) is 11.3 Å². The van der Waals surface area contributed by atoms with E-state index in [0.717, 1.165) is 5.56 Å². The first-order valence-corrected chi connectivity index (χ1v) is 5.31. The van der Waals surface area contributed by atoms with E-state index in [2.05, 4.69) is 26.1 Å². The SMILES string of the molecule is CNC(=O)c1cccc(C(C)(C)C)c1OC. The van der Waals surface area contributed by atoms with E-state index in [1.54, 1.807) is 20.2 Å². The molecule has 3 heteroatoms. The predicted octanol–water partition coefficient (Wildman–Crippen LogP) is 2.35. The fourth-order valence-electron chi connectivity index (χ4n) is 1.66. The van der Waals surface area contributed by atoms with Crippen molar-refractivity contribution in [1.82, 2.24) is 5.32 Å². The summed E-state index contributed by atoms with van der Waals surface area (Å²) in [6, 6.07) is 5.64. The van der Waals surface area contributed by atoms with Crippen LogP contribution in [0.15, 0.2) is 18.2 Å². The molecule has 0 bridgehead atoms. The van der Waals surface area contributed by atoms with Crippen LogP contribution in [0.5, 0.6) is 5.75 Å². The van der Waals surface area contributed by atoms with Gasteiger partial charge >= 0.3 is 0 Å². The average Bonchev–Trinajstić information content (AvgIpc) is 2.25. The topological polar surface area (TPSA) is 38.3 Å². The highest BCUT2D eigenvalue weighted by molar-refractivity contribution is 5.97. The van der Waals surface area contributed by atoms with Gasteiger partial charge in [-0.1, -0.05) is 32.9 Å². The van der Waals surface area contributed by atoms with E-state index in [1.807, 2.05) is 12.1 Å². The van der Waals surface area contributed by atoms with E-state index in [0.29, 0.717) is 11.3 Å². The number of amides is 1. The fraction of sp³-hybridized carbons (Fsp3) is 0.462. The third-order valence-corrected chi connectivity index (χ3v) is 2.50. The molecule has 0 aliphatic rings. The van der Waals surface area contributed by atoms with Crippen molar-refractivity contribution < 1.29 is 9.53 Å². The minimum Gasteiger partial charge on any atom is -0.496 e. The Morgan fingerprint density at radius 3 is 2.38 bits per heavy atom. The van der Waals surface area contributed by atoms with Crippen LogP contribution in [0, 0.1) is 0 Å². The summed E-state index contributed by atoms with van der Waals surface area (Å²) < 4.78 is 5.37. The maximum Gasteiger partial charge on any atom is 0.254 e. The maximum atomic E-state index is 11.7. The Bertz CT molecular complexity index is 391. The van der Waals surface area contributed by atoms with Crippen molar-refractivity contribution in [3.8, 4) is 5.75 Å². The Balaban J connectivity index is 3.38. The van der Waals surface area contributed by atoms with Crippen LogP contribution in [0.25, 0.3) is 0 Å². The quantitative estimate of drug-likeness (QED) is 0.832. The molecule has 0 atom stereocenters. The van der Waals surface area contributed by atoms with Crippen molar-refractivity contribution in [3.05, 3.63) is 29.3 Å². The molecule has 0 aromatic heterocycles. The third-order valence-electron chi connectivity index (χ3n) is 2.50. The number of methoxy groups -OCH3 is 1. The van der Waals surface area contributed by atoms with Crippen molar-refractivity contribution >= 4 is 5.91 Å². The fourth-order valence-corrected chi connectivity index (χ4v) is 1.66. The van der Waals surface area contributed by atoms with E-state index in [9.17, 15) is 4.79 Å². The van der Waals surface area contributed by atoms with Gasteiger partial charge in [-0.2, -0.15) is 0 Å².